The van der Waals surface area contributed by atoms with Crippen molar-refractivity contribution in [2.24, 2.45) is 5.92 Å². The number of hydrogen-bond acceptors (Lipinski definition) is 3. The largest absolute Gasteiger partial charge is 0.334 e. The summed E-state index contributed by atoms with van der Waals surface area (Å²) in [6.45, 7) is 3.86. The molecule has 2 aliphatic rings. The minimum atomic E-state index is 0.317. The van der Waals surface area contributed by atoms with Crippen LogP contribution in [0.15, 0.2) is 17.5 Å². The lowest BCUT2D eigenvalue weighted by molar-refractivity contribution is -0.133. The minimum absolute atomic E-state index is 0.317. The molecule has 3 rings (SSSR count). The molecular weight excluding hydrogens is 292 g/mol. The maximum absolute atomic E-state index is 12.8. The molecule has 1 atom stereocenters. The van der Waals surface area contributed by atoms with Gasteiger partial charge < -0.3 is 4.90 Å². The molecular formula is C18H28N2OS. The Balaban J connectivity index is 1.57. The van der Waals surface area contributed by atoms with Gasteiger partial charge in [-0.1, -0.05) is 13.0 Å². The van der Waals surface area contributed by atoms with Crippen molar-refractivity contribution in [3.8, 4) is 0 Å². The van der Waals surface area contributed by atoms with Crippen LogP contribution >= 0.6 is 11.3 Å². The first-order valence-electron chi connectivity index (χ1n) is 8.68. The number of nitrogens with zero attached hydrogens (tertiary/aromatic N) is 2. The summed E-state index contributed by atoms with van der Waals surface area (Å²) < 4.78 is 0. The average Bonchev–Trinajstić information content (AvgIpc) is 3.18. The molecule has 2 heterocycles. The Bertz CT molecular complexity index is 479. The van der Waals surface area contributed by atoms with Gasteiger partial charge >= 0.3 is 0 Å². The van der Waals surface area contributed by atoms with Crippen LogP contribution < -0.4 is 0 Å². The second-order valence-corrected chi connectivity index (χ2v) is 8.07. The normalized spacial score (nSPS) is 29.2. The topological polar surface area (TPSA) is 23.6 Å². The molecule has 22 heavy (non-hydrogen) atoms. The standard InChI is InChI=1S/C18H28N2OS/c1-14-7-9-15(10-8-14)19(2)13-18(21)20-11-3-5-16(20)17-6-4-12-22-17/h4,6,12,14-16H,3,5,7-11,13H2,1-2H3. The Labute approximate surface area is 138 Å². The molecule has 122 valence electrons. The molecule has 1 amide bonds. The summed E-state index contributed by atoms with van der Waals surface area (Å²) in [4.78, 5) is 18.5. The Morgan fingerprint density at radius 2 is 2.09 bits per heavy atom. The van der Waals surface area contributed by atoms with Gasteiger partial charge in [0.15, 0.2) is 0 Å². The summed E-state index contributed by atoms with van der Waals surface area (Å²) in [6.07, 6.45) is 7.38. The lowest BCUT2D eigenvalue weighted by Crippen LogP contribution is -2.43. The summed E-state index contributed by atoms with van der Waals surface area (Å²) in [5.74, 6) is 1.18. The van der Waals surface area contributed by atoms with E-state index in [1.807, 2.05) is 0 Å². The second-order valence-electron chi connectivity index (χ2n) is 7.09. The lowest BCUT2D eigenvalue weighted by atomic mass is 9.87. The molecule has 0 bridgehead atoms. The second kappa shape index (κ2) is 7.14. The molecule has 2 fully saturated rings. The molecule has 0 aromatic carbocycles. The van der Waals surface area contributed by atoms with E-state index in [-0.39, 0.29) is 0 Å². The van der Waals surface area contributed by atoms with Crippen molar-refractivity contribution in [3.63, 3.8) is 0 Å². The lowest BCUT2D eigenvalue weighted by Gasteiger charge is -2.34. The minimum Gasteiger partial charge on any atom is -0.334 e. The maximum Gasteiger partial charge on any atom is 0.237 e. The van der Waals surface area contributed by atoms with Crippen molar-refractivity contribution in [1.29, 1.82) is 0 Å². The molecule has 0 radical (unpaired) electrons. The molecule has 1 saturated carbocycles. The fraction of sp³-hybridized carbons (Fsp3) is 0.722. The zero-order valence-electron chi connectivity index (χ0n) is 13.8. The van der Waals surface area contributed by atoms with Gasteiger partial charge in [0.25, 0.3) is 0 Å². The molecule has 3 nitrogen and oxygen atoms in total. The summed E-state index contributed by atoms with van der Waals surface area (Å²) in [6, 6.07) is 5.19. The SMILES string of the molecule is CC1CCC(N(C)CC(=O)N2CCCC2c2cccs2)CC1. The van der Waals surface area contributed by atoms with E-state index in [9.17, 15) is 4.79 Å². The number of thiophene rings is 1. The van der Waals surface area contributed by atoms with E-state index in [1.165, 1.54) is 30.6 Å². The fourth-order valence-corrected chi connectivity index (χ4v) is 4.83. The quantitative estimate of drug-likeness (QED) is 0.839. The first-order valence-corrected chi connectivity index (χ1v) is 9.56. The number of hydrogen-bond donors (Lipinski definition) is 0. The molecule has 0 N–H and O–H groups in total. The Morgan fingerprint density at radius 3 is 2.77 bits per heavy atom. The first kappa shape index (κ1) is 16.0. The number of amides is 1. The summed E-state index contributed by atoms with van der Waals surface area (Å²) in [7, 11) is 2.13. The molecule has 4 heteroatoms. The van der Waals surface area contributed by atoms with E-state index in [2.05, 4.69) is 41.3 Å². The first-order chi connectivity index (χ1) is 10.6. The van der Waals surface area contributed by atoms with Crippen LogP contribution in [0.25, 0.3) is 0 Å². The van der Waals surface area contributed by atoms with Crippen LogP contribution in [0.5, 0.6) is 0 Å². The number of carbonyl (C=O) groups excluding carboxylic acids is 1. The van der Waals surface area contributed by atoms with Crippen LogP contribution in [0.3, 0.4) is 0 Å². The van der Waals surface area contributed by atoms with Gasteiger partial charge in [-0.25, -0.2) is 0 Å². The van der Waals surface area contributed by atoms with E-state index < -0.39 is 0 Å². The third kappa shape index (κ3) is 3.54. The highest BCUT2D eigenvalue weighted by molar-refractivity contribution is 7.10. The Hall–Kier alpha value is -0.870. The Kier molecular flexibility index (Phi) is 5.19. The highest BCUT2D eigenvalue weighted by atomic mass is 32.1. The van der Waals surface area contributed by atoms with Crippen molar-refractivity contribution in [2.45, 2.75) is 57.5 Å². The van der Waals surface area contributed by atoms with Crippen molar-refractivity contribution in [3.05, 3.63) is 22.4 Å². The average molecular weight is 321 g/mol. The molecule has 1 aromatic rings. The van der Waals surface area contributed by atoms with Crippen LogP contribution in [0.1, 0.15) is 56.4 Å². The molecule has 1 aliphatic heterocycles. The van der Waals surface area contributed by atoms with Gasteiger partial charge in [-0.3, -0.25) is 9.69 Å². The van der Waals surface area contributed by atoms with E-state index >= 15 is 0 Å². The van der Waals surface area contributed by atoms with Crippen molar-refractivity contribution < 1.29 is 4.79 Å². The van der Waals surface area contributed by atoms with Crippen molar-refractivity contribution in [2.75, 3.05) is 20.1 Å². The third-order valence-electron chi connectivity index (χ3n) is 5.44. The smallest absolute Gasteiger partial charge is 0.237 e. The predicted octanol–water partition coefficient (Wildman–Crippen LogP) is 3.92. The number of likely N-dealkylation sites (N-methyl/N-ethyl adjacent to an activating group) is 1. The highest BCUT2D eigenvalue weighted by Crippen LogP contribution is 2.34. The van der Waals surface area contributed by atoms with Gasteiger partial charge in [0.05, 0.1) is 12.6 Å². The van der Waals surface area contributed by atoms with Crippen LogP contribution in [0.2, 0.25) is 0 Å². The van der Waals surface area contributed by atoms with Crippen LogP contribution in [-0.4, -0.2) is 41.9 Å². The van der Waals surface area contributed by atoms with E-state index in [4.69, 9.17) is 0 Å². The zero-order valence-corrected chi connectivity index (χ0v) is 14.6. The van der Waals surface area contributed by atoms with E-state index in [1.54, 1.807) is 11.3 Å². The zero-order chi connectivity index (χ0) is 15.5. The molecule has 0 spiro atoms. The molecule has 1 saturated heterocycles. The van der Waals surface area contributed by atoms with Gasteiger partial charge in [-0.2, -0.15) is 0 Å². The number of rotatable bonds is 4. The monoisotopic (exact) mass is 320 g/mol. The number of likely N-dealkylation sites (tertiary alicyclic amines) is 1. The van der Waals surface area contributed by atoms with Crippen molar-refractivity contribution >= 4 is 17.2 Å². The van der Waals surface area contributed by atoms with E-state index in [0.29, 0.717) is 24.5 Å². The fourth-order valence-electron chi connectivity index (χ4n) is 3.96. The summed E-state index contributed by atoms with van der Waals surface area (Å²) >= 11 is 1.78. The third-order valence-corrected chi connectivity index (χ3v) is 6.41. The molecule has 1 unspecified atom stereocenters. The van der Waals surface area contributed by atoms with Gasteiger partial charge in [-0.05, 0) is 62.9 Å². The maximum atomic E-state index is 12.8. The van der Waals surface area contributed by atoms with Gasteiger partial charge in [-0.15, -0.1) is 11.3 Å². The van der Waals surface area contributed by atoms with Crippen LogP contribution in [-0.2, 0) is 4.79 Å². The van der Waals surface area contributed by atoms with Crippen molar-refractivity contribution in [1.82, 2.24) is 9.80 Å². The van der Waals surface area contributed by atoms with Crippen LogP contribution in [0, 0.1) is 5.92 Å². The van der Waals surface area contributed by atoms with Gasteiger partial charge in [0.1, 0.15) is 0 Å². The molecule has 1 aliphatic carbocycles. The highest BCUT2D eigenvalue weighted by Gasteiger charge is 2.32. The summed E-state index contributed by atoms with van der Waals surface area (Å²) in [5.41, 5.74) is 0. The van der Waals surface area contributed by atoms with Gasteiger partial charge in [0.2, 0.25) is 5.91 Å². The Morgan fingerprint density at radius 1 is 1.32 bits per heavy atom. The predicted molar refractivity (Wildman–Crippen MR) is 92.1 cm³/mol. The number of carbonyl (C=O) groups is 1. The van der Waals surface area contributed by atoms with E-state index in [0.717, 1.165) is 25.3 Å². The molecule has 1 aromatic heterocycles. The summed E-state index contributed by atoms with van der Waals surface area (Å²) in [5, 5.41) is 2.12. The van der Waals surface area contributed by atoms with Crippen LogP contribution in [0.4, 0.5) is 0 Å². The van der Waals surface area contributed by atoms with Gasteiger partial charge in [0, 0.05) is 17.5 Å².